The van der Waals surface area contributed by atoms with Gasteiger partial charge in [-0.25, -0.2) is 18.0 Å². The van der Waals surface area contributed by atoms with Gasteiger partial charge in [0.25, 0.3) is 5.91 Å². The van der Waals surface area contributed by atoms with E-state index in [4.69, 9.17) is 11.6 Å². The number of thioether (sulfide) groups is 1. The molecule has 0 atom stereocenters. The van der Waals surface area contributed by atoms with Crippen molar-refractivity contribution < 1.29 is 31.5 Å². The van der Waals surface area contributed by atoms with Crippen molar-refractivity contribution in [2.75, 3.05) is 5.32 Å². The van der Waals surface area contributed by atoms with Crippen LogP contribution in [-0.4, -0.2) is 23.6 Å². The van der Waals surface area contributed by atoms with Crippen molar-refractivity contribution in [3.63, 3.8) is 0 Å². The summed E-state index contributed by atoms with van der Waals surface area (Å²) < 4.78 is 63.9. The summed E-state index contributed by atoms with van der Waals surface area (Å²) in [6, 6.07) is 7.03. The molecule has 0 saturated carbocycles. The Labute approximate surface area is 159 Å². The first-order valence-electron chi connectivity index (χ1n) is 7.11. The maximum absolute atomic E-state index is 13.6. The first-order valence-corrected chi connectivity index (χ1v) is 8.31. The number of benzene rings is 2. The standard InChI is InChI=1S/C16H10ClF5N2O2S/c17-10-2-1-3-11(18)12(10)13(25)24-15(26)23-8-4-6-9(7-5-8)27-16(21,22)14(19)20/h1-7,14H,(H2,23,24,25,26). The number of imide groups is 1. The molecule has 11 heteroatoms. The largest absolute Gasteiger partial charge is 0.357 e. The van der Waals surface area contributed by atoms with Crippen molar-refractivity contribution in [1.82, 2.24) is 5.32 Å². The van der Waals surface area contributed by atoms with Crippen LogP contribution < -0.4 is 10.6 Å². The number of carbonyl (C=O) groups excluding carboxylic acids is 2. The summed E-state index contributed by atoms with van der Waals surface area (Å²) in [5.41, 5.74) is -0.431. The average Bonchev–Trinajstić information content (AvgIpc) is 2.56. The second-order valence-corrected chi connectivity index (χ2v) is 6.62. The lowest BCUT2D eigenvalue weighted by Gasteiger charge is -2.14. The molecule has 0 spiro atoms. The molecule has 3 amide bonds. The lowest BCUT2D eigenvalue weighted by atomic mass is 10.2. The molecular weight excluding hydrogens is 415 g/mol. The maximum atomic E-state index is 13.6. The molecule has 0 radical (unpaired) electrons. The number of alkyl halides is 4. The fraction of sp³-hybridized carbons (Fsp3) is 0.125. The van der Waals surface area contributed by atoms with Gasteiger partial charge in [-0.1, -0.05) is 17.7 Å². The number of hydrogen-bond acceptors (Lipinski definition) is 3. The lowest BCUT2D eigenvalue weighted by molar-refractivity contribution is -0.0563. The molecule has 0 saturated heterocycles. The van der Waals surface area contributed by atoms with Crippen molar-refractivity contribution in [2.45, 2.75) is 16.6 Å². The second kappa shape index (κ2) is 8.57. The van der Waals surface area contributed by atoms with Gasteiger partial charge in [-0.2, -0.15) is 8.78 Å². The summed E-state index contributed by atoms with van der Waals surface area (Å²) in [4.78, 5) is 23.5. The van der Waals surface area contributed by atoms with Crippen LogP contribution in [0.15, 0.2) is 47.4 Å². The minimum atomic E-state index is -4.25. The van der Waals surface area contributed by atoms with Gasteiger partial charge in [0.05, 0.1) is 10.6 Å². The highest BCUT2D eigenvalue weighted by Crippen LogP contribution is 2.40. The van der Waals surface area contributed by atoms with E-state index < -0.39 is 35.0 Å². The van der Waals surface area contributed by atoms with E-state index in [0.29, 0.717) is 0 Å². The number of anilines is 1. The molecule has 2 rings (SSSR count). The number of urea groups is 1. The van der Waals surface area contributed by atoms with Crippen molar-refractivity contribution in [3.05, 3.63) is 58.9 Å². The number of carbonyl (C=O) groups is 2. The Kier molecular flexibility index (Phi) is 6.66. The van der Waals surface area contributed by atoms with Gasteiger partial charge < -0.3 is 5.32 Å². The zero-order valence-electron chi connectivity index (χ0n) is 13.1. The van der Waals surface area contributed by atoms with Crippen molar-refractivity contribution in [1.29, 1.82) is 0 Å². The summed E-state index contributed by atoms with van der Waals surface area (Å²) in [5.74, 6) is -2.01. The monoisotopic (exact) mass is 424 g/mol. The summed E-state index contributed by atoms with van der Waals surface area (Å²) in [7, 11) is 0. The molecule has 0 unspecified atom stereocenters. The highest BCUT2D eigenvalue weighted by atomic mass is 35.5. The number of rotatable bonds is 5. The SMILES string of the molecule is O=C(NC(=O)c1c(F)cccc1Cl)Nc1ccc(SC(F)(F)C(F)F)cc1. The second-order valence-electron chi connectivity index (χ2n) is 4.99. The average molecular weight is 425 g/mol. The van der Waals surface area contributed by atoms with Crippen LogP contribution in [0.1, 0.15) is 10.4 Å². The highest BCUT2D eigenvalue weighted by Gasteiger charge is 2.41. The van der Waals surface area contributed by atoms with Gasteiger partial charge in [-0.15, -0.1) is 0 Å². The zero-order valence-corrected chi connectivity index (χ0v) is 14.7. The molecule has 0 aliphatic carbocycles. The predicted octanol–water partition coefficient (Wildman–Crippen LogP) is 5.39. The fourth-order valence-corrected chi connectivity index (χ4v) is 2.78. The maximum Gasteiger partial charge on any atom is 0.357 e. The van der Waals surface area contributed by atoms with E-state index in [0.717, 1.165) is 18.2 Å². The minimum absolute atomic E-state index is 0.0876. The summed E-state index contributed by atoms with van der Waals surface area (Å²) in [6.45, 7) is 0. The molecule has 0 bridgehead atoms. The molecule has 27 heavy (non-hydrogen) atoms. The number of halogens is 6. The zero-order chi connectivity index (χ0) is 20.2. The minimum Gasteiger partial charge on any atom is -0.308 e. The molecule has 144 valence electrons. The Morgan fingerprint density at radius 1 is 1.07 bits per heavy atom. The van der Waals surface area contributed by atoms with Gasteiger partial charge >= 0.3 is 17.7 Å². The highest BCUT2D eigenvalue weighted by molar-refractivity contribution is 8.00. The Bertz CT molecular complexity index is 829. The van der Waals surface area contributed by atoms with Gasteiger partial charge in [-0.05, 0) is 48.2 Å². The van der Waals surface area contributed by atoms with E-state index in [2.05, 4.69) is 5.32 Å². The van der Waals surface area contributed by atoms with E-state index in [1.807, 2.05) is 5.32 Å². The molecule has 0 fully saturated rings. The van der Waals surface area contributed by atoms with Gasteiger partial charge in [-0.3, -0.25) is 10.1 Å². The summed E-state index contributed by atoms with van der Waals surface area (Å²) in [5, 5.41) is -0.376. The van der Waals surface area contributed by atoms with Crippen LogP contribution >= 0.6 is 23.4 Å². The third-order valence-electron chi connectivity index (χ3n) is 3.04. The van der Waals surface area contributed by atoms with Gasteiger partial charge in [0.1, 0.15) is 5.82 Å². The van der Waals surface area contributed by atoms with E-state index >= 15 is 0 Å². The Hall–Kier alpha value is -2.33. The molecule has 0 aliphatic heterocycles. The normalized spacial score (nSPS) is 11.4. The fourth-order valence-electron chi connectivity index (χ4n) is 1.85. The molecule has 0 aliphatic rings. The van der Waals surface area contributed by atoms with Crippen LogP contribution in [0.3, 0.4) is 0 Å². The Balaban J connectivity index is 1.99. The van der Waals surface area contributed by atoms with E-state index in [9.17, 15) is 31.5 Å². The number of hydrogen-bond donors (Lipinski definition) is 2. The van der Waals surface area contributed by atoms with Crippen molar-refractivity contribution in [2.24, 2.45) is 0 Å². The molecule has 2 N–H and O–H groups in total. The Morgan fingerprint density at radius 2 is 1.70 bits per heavy atom. The first-order chi connectivity index (χ1) is 12.6. The van der Waals surface area contributed by atoms with Crippen molar-refractivity contribution in [3.8, 4) is 0 Å². The molecule has 2 aromatic carbocycles. The van der Waals surface area contributed by atoms with Crippen LogP contribution in [0.5, 0.6) is 0 Å². The van der Waals surface area contributed by atoms with Gasteiger partial charge in [0, 0.05) is 10.6 Å². The van der Waals surface area contributed by atoms with Gasteiger partial charge in [0.2, 0.25) is 0 Å². The van der Waals surface area contributed by atoms with Crippen LogP contribution in [0.4, 0.5) is 32.4 Å². The molecule has 0 aromatic heterocycles. The van der Waals surface area contributed by atoms with Crippen LogP contribution in [0.2, 0.25) is 5.02 Å². The molecule has 2 aromatic rings. The quantitative estimate of drug-likeness (QED) is 0.499. The first kappa shape index (κ1) is 21.0. The smallest absolute Gasteiger partial charge is 0.308 e. The Morgan fingerprint density at radius 3 is 2.26 bits per heavy atom. The van der Waals surface area contributed by atoms with E-state index in [1.165, 1.54) is 24.3 Å². The molecular formula is C16H10ClF5N2O2S. The summed E-state index contributed by atoms with van der Waals surface area (Å²) >= 11 is 5.38. The molecule has 4 nitrogen and oxygen atoms in total. The van der Waals surface area contributed by atoms with E-state index in [1.54, 1.807) is 0 Å². The third kappa shape index (κ3) is 5.57. The summed E-state index contributed by atoms with van der Waals surface area (Å²) in [6.07, 6.45) is -3.83. The van der Waals surface area contributed by atoms with E-state index in [-0.39, 0.29) is 27.4 Å². The van der Waals surface area contributed by atoms with Gasteiger partial charge in [0.15, 0.2) is 0 Å². The van der Waals surface area contributed by atoms with Crippen LogP contribution in [0, 0.1) is 5.82 Å². The number of nitrogens with one attached hydrogen (secondary N) is 2. The number of amides is 3. The lowest BCUT2D eigenvalue weighted by Crippen LogP contribution is -2.35. The van der Waals surface area contributed by atoms with Crippen LogP contribution in [0.25, 0.3) is 0 Å². The van der Waals surface area contributed by atoms with Crippen LogP contribution in [-0.2, 0) is 0 Å². The van der Waals surface area contributed by atoms with Crippen molar-refractivity contribution >= 4 is 41.0 Å². The molecule has 0 heterocycles. The predicted molar refractivity (Wildman–Crippen MR) is 91.1 cm³/mol. The topological polar surface area (TPSA) is 58.2 Å². The third-order valence-corrected chi connectivity index (χ3v) is 4.31.